The van der Waals surface area contributed by atoms with Gasteiger partial charge in [0.1, 0.15) is 0 Å². The van der Waals surface area contributed by atoms with E-state index in [0.717, 1.165) is 18.4 Å². The Kier molecular flexibility index (Phi) is 5.91. The molecule has 1 amide bonds. The van der Waals surface area contributed by atoms with E-state index in [0.29, 0.717) is 18.7 Å². The van der Waals surface area contributed by atoms with Crippen molar-refractivity contribution in [3.63, 3.8) is 0 Å². The van der Waals surface area contributed by atoms with Crippen molar-refractivity contribution in [1.29, 1.82) is 0 Å². The minimum Gasteiger partial charge on any atom is -0.387 e. The molecule has 3 N–H and O–H groups in total. The highest BCUT2D eigenvalue weighted by Crippen LogP contribution is 2.19. The fourth-order valence-electron chi connectivity index (χ4n) is 2.52. The molecule has 0 bridgehead atoms. The quantitative estimate of drug-likeness (QED) is 0.701. The first-order chi connectivity index (χ1) is 10.5. The molecule has 2 aromatic rings. The monoisotopic (exact) mass is 320 g/mol. The molecular formula is C17H24N2O2S. The molecule has 1 aromatic carbocycles. The number of amides is 1. The molecule has 22 heavy (non-hydrogen) atoms. The van der Waals surface area contributed by atoms with E-state index < -0.39 is 5.60 Å². The van der Waals surface area contributed by atoms with Gasteiger partial charge in [-0.15, -0.1) is 0 Å². The van der Waals surface area contributed by atoms with Gasteiger partial charge in [0, 0.05) is 35.8 Å². The number of carbonyl (C=O) groups excluding carboxylic acids is 1. The molecule has 0 fully saturated rings. The average molecular weight is 320 g/mol. The minimum absolute atomic E-state index is 0.00113. The van der Waals surface area contributed by atoms with Gasteiger partial charge in [0.25, 0.3) is 0 Å². The highest BCUT2D eigenvalue weighted by molar-refractivity contribution is 7.98. The van der Waals surface area contributed by atoms with Crippen LogP contribution in [0.2, 0.25) is 0 Å². The molecule has 1 unspecified atom stereocenters. The van der Waals surface area contributed by atoms with Gasteiger partial charge in [-0.25, -0.2) is 0 Å². The smallest absolute Gasteiger partial charge is 0.220 e. The van der Waals surface area contributed by atoms with E-state index in [1.54, 1.807) is 18.7 Å². The average Bonchev–Trinajstić information content (AvgIpc) is 2.89. The number of para-hydroxylation sites is 1. The van der Waals surface area contributed by atoms with Gasteiger partial charge in [0.15, 0.2) is 0 Å². The van der Waals surface area contributed by atoms with E-state index in [9.17, 15) is 9.90 Å². The van der Waals surface area contributed by atoms with Gasteiger partial charge in [0.2, 0.25) is 5.91 Å². The number of thioether (sulfide) groups is 1. The summed E-state index contributed by atoms with van der Waals surface area (Å²) in [5, 5.41) is 14.1. The normalized spacial score (nSPS) is 14.0. The lowest BCUT2D eigenvalue weighted by Gasteiger charge is -2.22. The van der Waals surface area contributed by atoms with E-state index >= 15 is 0 Å². The van der Waals surface area contributed by atoms with E-state index in [1.165, 1.54) is 10.9 Å². The van der Waals surface area contributed by atoms with Gasteiger partial charge in [-0.05, 0) is 37.7 Å². The van der Waals surface area contributed by atoms with Crippen LogP contribution in [0.3, 0.4) is 0 Å². The highest BCUT2D eigenvalue weighted by Gasteiger charge is 2.20. The summed E-state index contributed by atoms with van der Waals surface area (Å²) in [5.41, 5.74) is 1.54. The van der Waals surface area contributed by atoms with Crippen molar-refractivity contribution in [2.75, 3.05) is 18.6 Å². The Bertz CT molecular complexity index is 622. The number of benzene rings is 1. The van der Waals surface area contributed by atoms with Crippen LogP contribution in [0.25, 0.3) is 10.9 Å². The van der Waals surface area contributed by atoms with Crippen LogP contribution in [0.4, 0.5) is 0 Å². The SMILES string of the molecule is CSCC(C)(O)CNC(=O)CCCc1c[nH]c2ccccc12. The third kappa shape index (κ3) is 4.78. The summed E-state index contributed by atoms with van der Waals surface area (Å²) < 4.78 is 0. The van der Waals surface area contributed by atoms with Gasteiger partial charge in [-0.2, -0.15) is 11.8 Å². The highest BCUT2D eigenvalue weighted by atomic mass is 32.2. The topological polar surface area (TPSA) is 65.1 Å². The number of fused-ring (bicyclic) bond motifs is 1. The summed E-state index contributed by atoms with van der Waals surface area (Å²) in [6.45, 7) is 2.05. The van der Waals surface area contributed by atoms with Gasteiger partial charge in [-0.1, -0.05) is 18.2 Å². The molecule has 0 spiro atoms. The molecule has 0 saturated carbocycles. The maximum Gasteiger partial charge on any atom is 0.220 e. The van der Waals surface area contributed by atoms with Crippen molar-refractivity contribution < 1.29 is 9.90 Å². The second-order valence-corrected chi connectivity index (χ2v) is 6.79. The number of rotatable bonds is 8. The molecule has 120 valence electrons. The Morgan fingerprint density at radius 1 is 1.41 bits per heavy atom. The molecule has 0 aliphatic carbocycles. The number of hydrogen-bond donors (Lipinski definition) is 3. The Labute approximate surface area is 135 Å². The second-order valence-electron chi connectivity index (χ2n) is 5.92. The number of hydrogen-bond acceptors (Lipinski definition) is 3. The summed E-state index contributed by atoms with van der Waals surface area (Å²) in [7, 11) is 0. The van der Waals surface area contributed by atoms with E-state index in [-0.39, 0.29) is 5.91 Å². The Balaban J connectivity index is 1.75. The van der Waals surface area contributed by atoms with Crippen molar-refractivity contribution in [2.24, 2.45) is 0 Å². The summed E-state index contributed by atoms with van der Waals surface area (Å²) in [5.74, 6) is 0.615. The zero-order valence-electron chi connectivity index (χ0n) is 13.2. The fraction of sp³-hybridized carbons (Fsp3) is 0.471. The summed E-state index contributed by atoms with van der Waals surface area (Å²) in [6.07, 6.45) is 6.12. The van der Waals surface area contributed by atoms with E-state index in [2.05, 4.69) is 22.4 Å². The van der Waals surface area contributed by atoms with Crippen LogP contribution in [0.1, 0.15) is 25.3 Å². The molecule has 0 saturated heterocycles. The number of aliphatic hydroxyl groups is 1. The van der Waals surface area contributed by atoms with Crippen molar-refractivity contribution in [2.45, 2.75) is 31.8 Å². The predicted molar refractivity (Wildman–Crippen MR) is 93.3 cm³/mol. The maximum atomic E-state index is 11.8. The fourth-order valence-corrected chi connectivity index (χ4v) is 3.24. The first-order valence-corrected chi connectivity index (χ1v) is 8.94. The lowest BCUT2D eigenvalue weighted by atomic mass is 10.1. The van der Waals surface area contributed by atoms with Gasteiger partial charge < -0.3 is 15.4 Å². The Hall–Kier alpha value is -1.46. The van der Waals surface area contributed by atoms with Gasteiger partial charge in [-0.3, -0.25) is 4.79 Å². The zero-order chi connectivity index (χ0) is 16.0. The molecule has 0 aliphatic heterocycles. The van der Waals surface area contributed by atoms with Crippen LogP contribution in [-0.2, 0) is 11.2 Å². The molecule has 4 nitrogen and oxygen atoms in total. The number of aromatic amines is 1. The van der Waals surface area contributed by atoms with Gasteiger partial charge >= 0.3 is 0 Å². The standard InChI is InChI=1S/C17H24N2O2S/c1-17(21,12-22-2)11-19-16(20)9-5-6-13-10-18-15-8-4-3-7-14(13)15/h3-4,7-8,10,18,21H,5-6,9,11-12H2,1-2H3,(H,19,20). The third-order valence-electron chi connectivity index (χ3n) is 3.65. The molecule has 1 aromatic heterocycles. The number of H-pyrrole nitrogens is 1. The molecular weight excluding hydrogens is 296 g/mol. The van der Waals surface area contributed by atoms with Crippen molar-refractivity contribution in [3.05, 3.63) is 36.0 Å². The van der Waals surface area contributed by atoms with Crippen molar-refractivity contribution >= 4 is 28.6 Å². The molecule has 1 atom stereocenters. The van der Waals surface area contributed by atoms with Crippen LogP contribution in [-0.4, -0.2) is 40.2 Å². The summed E-state index contributed by atoms with van der Waals surface area (Å²) in [4.78, 5) is 15.1. The molecule has 5 heteroatoms. The van der Waals surface area contributed by atoms with Crippen LogP contribution in [0, 0.1) is 0 Å². The number of nitrogens with one attached hydrogen (secondary N) is 2. The number of carbonyl (C=O) groups is 1. The first kappa shape index (κ1) is 16.9. The first-order valence-electron chi connectivity index (χ1n) is 7.55. The van der Waals surface area contributed by atoms with E-state index in [4.69, 9.17) is 0 Å². The lowest BCUT2D eigenvalue weighted by Crippen LogP contribution is -2.42. The largest absolute Gasteiger partial charge is 0.387 e. The van der Waals surface area contributed by atoms with Crippen LogP contribution in [0.15, 0.2) is 30.5 Å². The molecule has 0 aliphatic rings. The lowest BCUT2D eigenvalue weighted by molar-refractivity contribution is -0.122. The minimum atomic E-state index is -0.841. The van der Waals surface area contributed by atoms with Crippen molar-refractivity contribution in [1.82, 2.24) is 10.3 Å². The number of aromatic nitrogens is 1. The Morgan fingerprint density at radius 2 is 2.18 bits per heavy atom. The molecule has 1 heterocycles. The van der Waals surface area contributed by atoms with Crippen LogP contribution < -0.4 is 5.32 Å². The third-order valence-corrected chi connectivity index (χ3v) is 4.56. The predicted octanol–water partition coefficient (Wildman–Crippen LogP) is 2.72. The zero-order valence-corrected chi connectivity index (χ0v) is 14.0. The Morgan fingerprint density at radius 3 is 2.95 bits per heavy atom. The molecule has 2 rings (SSSR count). The van der Waals surface area contributed by atoms with E-state index in [1.807, 2.05) is 24.6 Å². The van der Waals surface area contributed by atoms with Gasteiger partial charge in [0.05, 0.1) is 5.60 Å². The summed E-state index contributed by atoms with van der Waals surface area (Å²) in [6, 6.07) is 8.19. The van der Waals surface area contributed by atoms with Crippen LogP contribution >= 0.6 is 11.8 Å². The summed E-state index contributed by atoms with van der Waals surface area (Å²) >= 11 is 1.57. The van der Waals surface area contributed by atoms with Crippen LogP contribution in [0.5, 0.6) is 0 Å². The molecule has 0 radical (unpaired) electrons. The number of aryl methyl sites for hydroxylation is 1. The second kappa shape index (κ2) is 7.70. The van der Waals surface area contributed by atoms with Crippen molar-refractivity contribution in [3.8, 4) is 0 Å². The maximum absolute atomic E-state index is 11.8.